The molecule has 0 spiro atoms. The Bertz CT molecular complexity index is 334. The molecule has 0 radical (unpaired) electrons. The number of hydrogen-bond donors (Lipinski definition) is 1. The van der Waals surface area contributed by atoms with Crippen LogP contribution in [0.4, 0.5) is 5.95 Å². The Kier molecular flexibility index (Phi) is 4.33. The lowest BCUT2D eigenvalue weighted by molar-refractivity contribution is 0.280. The molecule has 0 saturated carbocycles. The number of anilines is 1. The quantitative estimate of drug-likeness (QED) is 0.738. The molecule has 96 valence electrons. The zero-order valence-electron chi connectivity index (χ0n) is 10.3. The van der Waals surface area contributed by atoms with Crippen LogP contribution in [0.25, 0.3) is 0 Å². The largest absolute Gasteiger partial charge is 0.396 e. The summed E-state index contributed by atoms with van der Waals surface area (Å²) < 4.78 is 5.19. The molecule has 2 heterocycles. The summed E-state index contributed by atoms with van der Waals surface area (Å²) >= 11 is 0. The lowest BCUT2D eigenvalue weighted by Gasteiger charge is -2.31. The van der Waals surface area contributed by atoms with Gasteiger partial charge in [-0.2, -0.15) is 4.98 Å². The van der Waals surface area contributed by atoms with Crippen molar-refractivity contribution in [3.63, 3.8) is 0 Å². The van der Waals surface area contributed by atoms with E-state index < -0.39 is 0 Å². The monoisotopic (exact) mass is 240 g/mol. The SMILES string of the molecule is CN1CCN(c2noc(CCCCO)n2)CC1. The van der Waals surface area contributed by atoms with Gasteiger partial charge in [0.05, 0.1) is 0 Å². The van der Waals surface area contributed by atoms with E-state index in [1.807, 2.05) is 0 Å². The topological polar surface area (TPSA) is 65.6 Å². The Morgan fingerprint density at radius 3 is 2.71 bits per heavy atom. The van der Waals surface area contributed by atoms with Crippen LogP contribution < -0.4 is 4.90 Å². The number of likely N-dealkylation sites (N-methyl/N-ethyl adjacent to an activating group) is 1. The zero-order valence-corrected chi connectivity index (χ0v) is 10.3. The fourth-order valence-corrected chi connectivity index (χ4v) is 1.87. The van der Waals surface area contributed by atoms with Crippen LogP contribution in [0, 0.1) is 0 Å². The van der Waals surface area contributed by atoms with Gasteiger partial charge in [-0.3, -0.25) is 0 Å². The molecule has 1 fully saturated rings. The summed E-state index contributed by atoms with van der Waals surface area (Å²) in [5.74, 6) is 1.38. The summed E-state index contributed by atoms with van der Waals surface area (Å²) in [7, 11) is 2.12. The molecule has 2 rings (SSSR count). The van der Waals surface area contributed by atoms with E-state index >= 15 is 0 Å². The number of nitrogens with zero attached hydrogens (tertiary/aromatic N) is 4. The second-order valence-corrected chi connectivity index (χ2v) is 4.46. The Balaban J connectivity index is 1.85. The Hall–Kier alpha value is -1.14. The molecule has 0 atom stereocenters. The first kappa shape index (κ1) is 12.3. The fraction of sp³-hybridized carbons (Fsp3) is 0.818. The van der Waals surface area contributed by atoms with Crippen molar-refractivity contribution in [1.82, 2.24) is 15.0 Å². The van der Waals surface area contributed by atoms with Crippen LogP contribution in [-0.4, -0.2) is 60.0 Å². The minimum Gasteiger partial charge on any atom is -0.396 e. The number of unbranched alkanes of at least 4 members (excludes halogenated alkanes) is 1. The number of aliphatic hydroxyl groups is 1. The third kappa shape index (κ3) is 3.41. The summed E-state index contributed by atoms with van der Waals surface area (Å²) in [6, 6.07) is 0. The van der Waals surface area contributed by atoms with Crippen LogP contribution in [-0.2, 0) is 6.42 Å². The maximum atomic E-state index is 8.70. The van der Waals surface area contributed by atoms with Crippen LogP contribution in [0.1, 0.15) is 18.7 Å². The van der Waals surface area contributed by atoms with E-state index in [0.29, 0.717) is 11.8 Å². The van der Waals surface area contributed by atoms with Gasteiger partial charge in [-0.05, 0) is 25.0 Å². The predicted octanol–water partition coefficient (Wildman–Crippen LogP) is 0.136. The first-order valence-corrected chi connectivity index (χ1v) is 6.16. The van der Waals surface area contributed by atoms with Crippen molar-refractivity contribution in [2.45, 2.75) is 19.3 Å². The standard InChI is InChI=1S/C11H20N4O2/c1-14-5-7-15(8-6-14)11-12-10(17-13-11)4-2-3-9-16/h16H,2-9H2,1H3. The number of aliphatic hydroxyl groups excluding tert-OH is 1. The van der Waals surface area contributed by atoms with E-state index in [2.05, 4.69) is 27.0 Å². The highest BCUT2D eigenvalue weighted by Crippen LogP contribution is 2.13. The number of rotatable bonds is 5. The average Bonchev–Trinajstić information content (AvgIpc) is 2.79. The van der Waals surface area contributed by atoms with Gasteiger partial charge in [0.2, 0.25) is 5.89 Å². The molecular weight excluding hydrogens is 220 g/mol. The van der Waals surface area contributed by atoms with Gasteiger partial charge in [0.1, 0.15) is 0 Å². The van der Waals surface area contributed by atoms with Gasteiger partial charge in [-0.25, -0.2) is 0 Å². The van der Waals surface area contributed by atoms with E-state index in [4.69, 9.17) is 9.63 Å². The number of aromatic nitrogens is 2. The van der Waals surface area contributed by atoms with Gasteiger partial charge < -0.3 is 19.4 Å². The number of hydrogen-bond acceptors (Lipinski definition) is 6. The van der Waals surface area contributed by atoms with Gasteiger partial charge >= 0.3 is 0 Å². The third-order valence-electron chi connectivity index (χ3n) is 3.04. The Labute approximate surface area is 101 Å². The van der Waals surface area contributed by atoms with Gasteiger partial charge in [-0.15, -0.1) is 0 Å². The highest BCUT2D eigenvalue weighted by molar-refractivity contribution is 5.28. The first-order chi connectivity index (χ1) is 8.29. The maximum absolute atomic E-state index is 8.70. The molecule has 6 nitrogen and oxygen atoms in total. The molecule has 17 heavy (non-hydrogen) atoms. The normalized spacial score (nSPS) is 17.6. The molecule has 0 bridgehead atoms. The van der Waals surface area contributed by atoms with Crippen LogP contribution in [0.3, 0.4) is 0 Å². The second-order valence-electron chi connectivity index (χ2n) is 4.46. The summed E-state index contributed by atoms with van der Waals surface area (Å²) in [5.41, 5.74) is 0. The molecule has 6 heteroatoms. The minimum atomic E-state index is 0.222. The Morgan fingerprint density at radius 1 is 1.24 bits per heavy atom. The van der Waals surface area contributed by atoms with Gasteiger partial charge in [0.25, 0.3) is 5.95 Å². The van der Waals surface area contributed by atoms with Crippen LogP contribution in [0.5, 0.6) is 0 Å². The van der Waals surface area contributed by atoms with E-state index in [9.17, 15) is 0 Å². The molecule has 1 aliphatic heterocycles. The lowest BCUT2D eigenvalue weighted by atomic mass is 10.2. The van der Waals surface area contributed by atoms with E-state index in [-0.39, 0.29) is 6.61 Å². The smallest absolute Gasteiger partial charge is 0.266 e. The van der Waals surface area contributed by atoms with E-state index in [1.165, 1.54) is 0 Å². The Morgan fingerprint density at radius 2 is 2.00 bits per heavy atom. The molecule has 1 saturated heterocycles. The van der Waals surface area contributed by atoms with E-state index in [0.717, 1.165) is 45.4 Å². The van der Waals surface area contributed by atoms with Crippen molar-refractivity contribution >= 4 is 5.95 Å². The summed E-state index contributed by atoms with van der Waals surface area (Å²) in [5, 5.41) is 12.7. The van der Waals surface area contributed by atoms with Crippen molar-refractivity contribution in [3.8, 4) is 0 Å². The number of aryl methyl sites for hydroxylation is 1. The van der Waals surface area contributed by atoms with Crippen molar-refractivity contribution < 1.29 is 9.63 Å². The van der Waals surface area contributed by atoms with Gasteiger partial charge in [-0.1, -0.05) is 0 Å². The molecule has 0 aliphatic carbocycles. The molecule has 0 aromatic carbocycles. The highest BCUT2D eigenvalue weighted by Gasteiger charge is 2.18. The molecule has 0 amide bonds. The van der Waals surface area contributed by atoms with Crippen molar-refractivity contribution in [1.29, 1.82) is 0 Å². The van der Waals surface area contributed by atoms with Crippen LogP contribution in [0.15, 0.2) is 4.52 Å². The summed E-state index contributed by atoms with van der Waals surface area (Å²) in [6.45, 7) is 4.19. The van der Waals surface area contributed by atoms with Crippen molar-refractivity contribution in [2.24, 2.45) is 0 Å². The van der Waals surface area contributed by atoms with E-state index in [1.54, 1.807) is 0 Å². The second kappa shape index (κ2) is 5.97. The fourth-order valence-electron chi connectivity index (χ4n) is 1.87. The predicted molar refractivity (Wildman–Crippen MR) is 64.0 cm³/mol. The minimum absolute atomic E-state index is 0.222. The van der Waals surface area contributed by atoms with Crippen LogP contribution >= 0.6 is 0 Å². The molecule has 1 aromatic heterocycles. The van der Waals surface area contributed by atoms with Crippen LogP contribution in [0.2, 0.25) is 0 Å². The molecule has 1 aromatic rings. The average molecular weight is 240 g/mol. The first-order valence-electron chi connectivity index (χ1n) is 6.16. The highest BCUT2D eigenvalue weighted by atomic mass is 16.5. The van der Waals surface area contributed by atoms with Crippen molar-refractivity contribution in [2.75, 3.05) is 44.7 Å². The molecule has 1 aliphatic rings. The molecule has 1 N–H and O–H groups in total. The maximum Gasteiger partial charge on any atom is 0.266 e. The summed E-state index contributed by atoms with van der Waals surface area (Å²) in [6.07, 6.45) is 2.42. The van der Waals surface area contributed by atoms with Gasteiger partial charge in [0, 0.05) is 39.2 Å². The molecular formula is C11H20N4O2. The zero-order chi connectivity index (χ0) is 12.1. The van der Waals surface area contributed by atoms with Gasteiger partial charge in [0.15, 0.2) is 0 Å². The number of piperazine rings is 1. The van der Waals surface area contributed by atoms with Crippen molar-refractivity contribution in [3.05, 3.63) is 5.89 Å². The third-order valence-corrected chi connectivity index (χ3v) is 3.04. The summed E-state index contributed by atoms with van der Waals surface area (Å²) in [4.78, 5) is 8.82. The lowest BCUT2D eigenvalue weighted by Crippen LogP contribution is -2.44. The molecule has 0 unspecified atom stereocenters.